The SMILES string of the molecule is O=S1(=O)CCCC1C1CNC(CO)C1. The van der Waals surface area contributed by atoms with Gasteiger partial charge in [0.05, 0.1) is 17.6 Å². The molecular weight excluding hydrogens is 202 g/mol. The topological polar surface area (TPSA) is 66.4 Å². The predicted octanol–water partition coefficient (Wildman–Crippen LogP) is -0.466. The second-order valence-electron chi connectivity index (χ2n) is 4.33. The van der Waals surface area contributed by atoms with Crippen molar-refractivity contribution in [1.82, 2.24) is 5.32 Å². The van der Waals surface area contributed by atoms with Crippen molar-refractivity contribution in [3.8, 4) is 0 Å². The molecule has 2 rings (SSSR count). The minimum Gasteiger partial charge on any atom is -0.395 e. The lowest BCUT2D eigenvalue weighted by Crippen LogP contribution is -2.27. The molecule has 0 saturated carbocycles. The van der Waals surface area contributed by atoms with Crippen LogP contribution < -0.4 is 5.32 Å². The highest BCUT2D eigenvalue weighted by atomic mass is 32.2. The maximum atomic E-state index is 11.7. The zero-order chi connectivity index (χ0) is 10.2. The van der Waals surface area contributed by atoms with Crippen LogP contribution in [0.25, 0.3) is 0 Å². The quantitative estimate of drug-likeness (QED) is 0.659. The Morgan fingerprint density at radius 2 is 2.21 bits per heavy atom. The van der Waals surface area contributed by atoms with Crippen LogP contribution >= 0.6 is 0 Å². The van der Waals surface area contributed by atoms with Gasteiger partial charge in [-0.1, -0.05) is 0 Å². The lowest BCUT2D eigenvalue weighted by atomic mass is 9.99. The molecule has 5 heteroatoms. The minimum atomic E-state index is -2.82. The second kappa shape index (κ2) is 3.79. The zero-order valence-corrected chi connectivity index (χ0v) is 8.96. The molecule has 3 atom stereocenters. The second-order valence-corrected chi connectivity index (χ2v) is 6.67. The maximum absolute atomic E-state index is 11.7. The fourth-order valence-electron chi connectivity index (χ4n) is 2.62. The van der Waals surface area contributed by atoms with E-state index in [2.05, 4.69) is 5.32 Å². The van der Waals surface area contributed by atoms with Crippen LogP contribution in [0.5, 0.6) is 0 Å². The summed E-state index contributed by atoms with van der Waals surface area (Å²) in [7, 11) is -2.82. The minimum absolute atomic E-state index is 0.107. The number of aliphatic hydroxyl groups excluding tert-OH is 1. The van der Waals surface area contributed by atoms with E-state index in [0.717, 1.165) is 25.8 Å². The number of hydrogen-bond donors (Lipinski definition) is 2. The van der Waals surface area contributed by atoms with Gasteiger partial charge in [0.1, 0.15) is 0 Å². The smallest absolute Gasteiger partial charge is 0.153 e. The molecule has 0 aromatic heterocycles. The molecule has 82 valence electrons. The van der Waals surface area contributed by atoms with E-state index in [1.807, 2.05) is 0 Å². The van der Waals surface area contributed by atoms with Crippen molar-refractivity contribution >= 4 is 9.84 Å². The summed E-state index contributed by atoms with van der Waals surface area (Å²) in [5, 5.41) is 12.0. The molecule has 2 aliphatic heterocycles. The maximum Gasteiger partial charge on any atom is 0.153 e. The van der Waals surface area contributed by atoms with Crippen molar-refractivity contribution in [2.24, 2.45) is 5.92 Å². The summed E-state index contributed by atoms with van der Waals surface area (Å²) in [5.41, 5.74) is 0. The summed E-state index contributed by atoms with van der Waals surface area (Å²) >= 11 is 0. The Morgan fingerprint density at radius 1 is 1.43 bits per heavy atom. The fourth-order valence-corrected chi connectivity index (χ4v) is 4.81. The van der Waals surface area contributed by atoms with E-state index in [1.165, 1.54) is 0 Å². The summed E-state index contributed by atoms with van der Waals surface area (Å²) in [6, 6.07) is 0.107. The molecule has 2 fully saturated rings. The van der Waals surface area contributed by atoms with Crippen LogP contribution in [-0.4, -0.2) is 43.7 Å². The first kappa shape index (κ1) is 10.4. The molecule has 0 spiro atoms. The van der Waals surface area contributed by atoms with Crippen molar-refractivity contribution in [2.45, 2.75) is 30.6 Å². The molecule has 0 amide bonds. The summed E-state index contributed by atoms with van der Waals surface area (Å²) in [6.07, 6.45) is 2.43. The lowest BCUT2D eigenvalue weighted by Gasteiger charge is -2.16. The van der Waals surface area contributed by atoms with Gasteiger partial charge in [-0.2, -0.15) is 0 Å². The number of aliphatic hydroxyl groups is 1. The van der Waals surface area contributed by atoms with Gasteiger partial charge < -0.3 is 10.4 Å². The first-order valence-corrected chi connectivity index (χ1v) is 6.91. The van der Waals surface area contributed by atoms with E-state index in [9.17, 15) is 8.42 Å². The summed E-state index contributed by atoms with van der Waals surface area (Å²) < 4.78 is 23.3. The normalized spacial score (nSPS) is 41.6. The third-order valence-electron chi connectivity index (χ3n) is 3.38. The largest absolute Gasteiger partial charge is 0.395 e. The van der Waals surface area contributed by atoms with Crippen LogP contribution in [0, 0.1) is 5.92 Å². The third kappa shape index (κ3) is 1.81. The average molecular weight is 219 g/mol. The van der Waals surface area contributed by atoms with Crippen LogP contribution in [0.1, 0.15) is 19.3 Å². The Labute approximate surface area is 84.6 Å². The Kier molecular flexibility index (Phi) is 2.81. The first-order valence-electron chi connectivity index (χ1n) is 5.19. The van der Waals surface area contributed by atoms with Crippen LogP contribution in [0.3, 0.4) is 0 Å². The van der Waals surface area contributed by atoms with Gasteiger partial charge in [0.2, 0.25) is 0 Å². The summed E-state index contributed by atoms with van der Waals surface area (Å²) in [4.78, 5) is 0. The van der Waals surface area contributed by atoms with E-state index in [4.69, 9.17) is 5.11 Å². The number of sulfone groups is 1. The molecule has 3 unspecified atom stereocenters. The van der Waals surface area contributed by atoms with Crippen LogP contribution in [0.4, 0.5) is 0 Å². The predicted molar refractivity (Wildman–Crippen MR) is 53.8 cm³/mol. The molecule has 2 heterocycles. The summed E-state index contributed by atoms with van der Waals surface area (Å²) in [5.74, 6) is 0.581. The van der Waals surface area contributed by atoms with E-state index in [-0.39, 0.29) is 23.8 Å². The molecule has 14 heavy (non-hydrogen) atoms. The Hall–Kier alpha value is -0.130. The molecule has 0 aliphatic carbocycles. The van der Waals surface area contributed by atoms with E-state index < -0.39 is 9.84 Å². The van der Waals surface area contributed by atoms with Gasteiger partial charge in [-0.3, -0.25) is 0 Å². The van der Waals surface area contributed by atoms with Crippen molar-refractivity contribution in [1.29, 1.82) is 0 Å². The zero-order valence-electron chi connectivity index (χ0n) is 8.15. The van der Waals surface area contributed by atoms with Crippen LogP contribution in [0.2, 0.25) is 0 Å². The monoisotopic (exact) mass is 219 g/mol. The van der Waals surface area contributed by atoms with Crippen molar-refractivity contribution in [3.63, 3.8) is 0 Å². The fraction of sp³-hybridized carbons (Fsp3) is 1.00. The highest BCUT2D eigenvalue weighted by molar-refractivity contribution is 7.92. The average Bonchev–Trinajstić information content (AvgIpc) is 2.70. The molecule has 2 aliphatic rings. The molecular formula is C9H17NO3S. The molecule has 0 aromatic rings. The first-order chi connectivity index (χ1) is 6.63. The standard InChI is InChI=1S/C9H17NO3S/c11-6-8-4-7(5-10-8)9-2-1-3-14(9,12)13/h7-11H,1-6H2. The Morgan fingerprint density at radius 3 is 2.71 bits per heavy atom. The number of nitrogens with one attached hydrogen (secondary N) is 1. The van der Waals surface area contributed by atoms with Crippen LogP contribution in [-0.2, 0) is 9.84 Å². The van der Waals surface area contributed by atoms with Gasteiger partial charge in [-0.25, -0.2) is 8.42 Å². The van der Waals surface area contributed by atoms with Gasteiger partial charge in [-0.15, -0.1) is 0 Å². The van der Waals surface area contributed by atoms with Gasteiger partial charge in [0.25, 0.3) is 0 Å². The highest BCUT2D eigenvalue weighted by Crippen LogP contribution is 2.31. The van der Waals surface area contributed by atoms with E-state index >= 15 is 0 Å². The highest BCUT2D eigenvalue weighted by Gasteiger charge is 2.40. The molecule has 0 bridgehead atoms. The van der Waals surface area contributed by atoms with Crippen molar-refractivity contribution in [2.75, 3.05) is 18.9 Å². The van der Waals surface area contributed by atoms with Crippen LogP contribution in [0.15, 0.2) is 0 Å². The molecule has 0 radical (unpaired) electrons. The van der Waals surface area contributed by atoms with Crippen molar-refractivity contribution < 1.29 is 13.5 Å². The molecule has 0 aromatic carbocycles. The Balaban J connectivity index is 2.03. The van der Waals surface area contributed by atoms with Crippen molar-refractivity contribution in [3.05, 3.63) is 0 Å². The van der Waals surface area contributed by atoms with Gasteiger partial charge in [0.15, 0.2) is 9.84 Å². The van der Waals surface area contributed by atoms with Gasteiger partial charge in [-0.05, 0) is 31.7 Å². The number of rotatable bonds is 2. The van der Waals surface area contributed by atoms with Gasteiger partial charge in [0, 0.05) is 6.04 Å². The Bertz CT molecular complexity index is 301. The van der Waals surface area contributed by atoms with E-state index in [0.29, 0.717) is 5.75 Å². The number of hydrogen-bond acceptors (Lipinski definition) is 4. The molecule has 4 nitrogen and oxygen atoms in total. The van der Waals surface area contributed by atoms with E-state index in [1.54, 1.807) is 0 Å². The third-order valence-corrected chi connectivity index (χ3v) is 5.78. The van der Waals surface area contributed by atoms with Gasteiger partial charge >= 0.3 is 0 Å². The summed E-state index contributed by atoms with van der Waals surface area (Å²) in [6.45, 7) is 0.860. The molecule has 2 saturated heterocycles. The lowest BCUT2D eigenvalue weighted by molar-refractivity contribution is 0.252. The molecule has 2 N–H and O–H groups in total.